The Morgan fingerprint density at radius 1 is 1.09 bits per heavy atom. The Hall–Kier alpha value is -2.21. The third-order valence-corrected chi connectivity index (χ3v) is 5.25. The van der Waals surface area contributed by atoms with Crippen LogP contribution >= 0.6 is 0 Å². The number of carbonyl (C=O) groups excluding carboxylic acids is 1. The number of aryl methyl sites for hydroxylation is 1. The monoisotopic (exact) mass is 335 g/mol. The zero-order valence-corrected chi connectivity index (χ0v) is 13.6. The van der Waals surface area contributed by atoms with Gasteiger partial charge in [0.1, 0.15) is 10.7 Å². The highest BCUT2D eigenvalue weighted by Gasteiger charge is 2.19. The van der Waals surface area contributed by atoms with Gasteiger partial charge in [0.25, 0.3) is 0 Å². The van der Waals surface area contributed by atoms with Gasteiger partial charge in [0, 0.05) is 13.0 Å². The van der Waals surface area contributed by atoms with Crippen LogP contribution in [-0.2, 0) is 21.2 Å². The number of carbonyl (C=O) groups is 1. The molecular weight excluding hydrogens is 317 g/mol. The van der Waals surface area contributed by atoms with Gasteiger partial charge in [0.2, 0.25) is 5.91 Å². The average molecular weight is 335 g/mol. The first-order valence-corrected chi connectivity index (χ1v) is 8.84. The van der Waals surface area contributed by atoms with Crippen LogP contribution in [0, 0.1) is 12.7 Å². The molecule has 0 atom stereocenters. The predicted octanol–water partition coefficient (Wildman–Crippen LogP) is 2.61. The summed E-state index contributed by atoms with van der Waals surface area (Å²) in [6, 6.07) is 12.8. The fourth-order valence-corrected chi connectivity index (χ4v) is 3.45. The van der Waals surface area contributed by atoms with E-state index in [0.717, 1.165) is 17.2 Å². The Morgan fingerprint density at radius 3 is 2.43 bits per heavy atom. The van der Waals surface area contributed by atoms with Crippen molar-refractivity contribution in [3.8, 4) is 0 Å². The van der Waals surface area contributed by atoms with Crippen LogP contribution < -0.4 is 5.32 Å². The second-order valence-corrected chi connectivity index (χ2v) is 7.28. The molecule has 0 radical (unpaired) electrons. The Balaban J connectivity index is 1.92. The molecular formula is C17H18FNO3S. The van der Waals surface area contributed by atoms with Gasteiger partial charge in [-0.1, -0.05) is 36.4 Å². The summed E-state index contributed by atoms with van der Waals surface area (Å²) >= 11 is 0. The zero-order valence-electron chi connectivity index (χ0n) is 12.8. The minimum absolute atomic E-state index is 0.206. The first-order chi connectivity index (χ1) is 10.9. The van der Waals surface area contributed by atoms with Gasteiger partial charge < -0.3 is 5.32 Å². The summed E-state index contributed by atoms with van der Waals surface area (Å²) in [6.07, 6.45) is -0.206. The van der Waals surface area contributed by atoms with Crippen LogP contribution in [0.25, 0.3) is 0 Å². The Labute approximate surface area is 135 Å². The molecule has 1 amide bonds. The van der Waals surface area contributed by atoms with Crippen LogP contribution in [0.3, 0.4) is 0 Å². The van der Waals surface area contributed by atoms with Crippen molar-refractivity contribution < 1.29 is 17.6 Å². The zero-order chi connectivity index (χ0) is 16.9. The maximum atomic E-state index is 13.5. The highest BCUT2D eigenvalue weighted by atomic mass is 32.2. The molecule has 0 fully saturated rings. The second kappa shape index (κ2) is 7.37. The molecule has 0 bridgehead atoms. The first-order valence-electron chi connectivity index (χ1n) is 7.18. The molecule has 0 spiro atoms. The number of halogens is 1. The summed E-state index contributed by atoms with van der Waals surface area (Å²) in [4.78, 5) is 11.5. The molecule has 0 heterocycles. The lowest BCUT2D eigenvalue weighted by Gasteiger charge is -2.08. The molecule has 6 heteroatoms. The third-order valence-electron chi connectivity index (χ3n) is 3.51. The smallest absolute Gasteiger partial charge is 0.221 e. The van der Waals surface area contributed by atoms with Crippen LogP contribution in [-0.4, -0.2) is 20.1 Å². The second-order valence-electron chi connectivity index (χ2n) is 5.20. The molecule has 0 aromatic heterocycles. The number of sulfone groups is 1. The standard InChI is InChI=1S/C17H18FNO3S/c1-13-6-2-3-7-14(13)12-19-17(20)10-11-23(21,22)16-9-5-4-8-15(16)18/h2-9H,10-12H2,1H3,(H,19,20). The van der Waals surface area contributed by atoms with Gasteiger partial charge in [0.05, 0.1) is 5.75 Å². The SMILES string of the molecule is Cc1ccccc1CNC(=O)CCS(=O)(=O)c1ccccc1F. The number of hydrogen-bond donors (Lipinski definition) is 1. The number of nitrogens with one attached hydrogen (secondary N) is 1. The highest BCUT2D eigenvalue weighted by molar-refractivity contribution is 7.91. The molecule has 122 valence electrons. The summed E-state index contributed by atoms with van der Waals surface area (Å²) in [5.41, 5.74) is 2.02. The van der Waals surface area contributed by atoms with Crippen molar-refractivity contribution in [3.05, 3.63) is 65.5 Å². The lowest BCUT2D eigenvalue weighted by atomic mass is 10.1. The topological polar surface area (TPSA) is 63.2 Å². The van der Waals surface area contributed by atoms with E-state index in [9.17, 15) is 17.6 Å². The summed E-state index contributed by atoms with van der Waals surface area (Å²) in [5, 5.41) is 2.68. The summed E-state index contributed by atoms with van der Waals surface area (Å²) < 4.78 is 37.7. The van der Waals surface area contributed by atoms with Crippen LogP contribution in [0.1, 0.15) is 17.5 Å². The van der Waals surface area contributed by atoms with E-state index in [2.05, 4.69) is 5.32 Å². The van der Waals surface area contributed by atoms with Crippen LogP contribution in [0.4, 0.5) is 4.39 Å². The number of rotatable bonds is 6. The van der Waals surface area contributed by atoms with E-state index in [-0.39, 0.29) is 17.2 Å². The third kappa shape index (κ3) is 4.63. The van der Waals surface area contributed by atoms with Crippen molar-refractivity contribution in [2.24, 2.45) is 0 Å². The fraction of sp³-hybridized carbons (Fsp3) is 0.235. The predicted molar refractivity (Wildman–Crippen MR) is 86.1 cm³/mol. The molecule has 0 aliphatic rings. The molecule has 1 N–H and O–H groups in total. The lowest BCUT2D eigenvalue weighted by molar-refractivity contribution is -0.120. The summed E-state index contributed by atoms with van der Waals surface area (Å²) in [5.74, 6) is -1.60. The Kier molecular flexibility index (Phi) is 5.50. The lowest BCUT2D eigenvalue weighted by Crippen LogP contribution is -2.25. The average Bonchev–Trinajstić information content (AvgIpc) is 2.52. The van der Waals surface area contributed by atoms with E-state index in [4.69, 9.17) is 0 Å². The van der Waals surface area contributed by atoms with E-state index < -0.39 is 21.4 Å². The normalized spacial score (nSPS) is 11.2. The van der Waals surface area contributed by atoms with Gasteiger partial charge >= 0.3 is 0 Å². The van der Waals surface area contributed by atoms with Gasteiger partial charge in [-0.25, -0.2) is 12.8 Å². The van der Waals surface area contributed by atoms with E-state index in [1.807, 2.05) is 31.2 Å². The van der Waals surface area contributed by atoms with Crippen molar-refractivity contribution in [3.63, 3.8) is 0 Å². The minimum Gasteiger partial charge on any atom is -0.352 e. The van der Waals surface area contributed by atoms with Crippen molar-refractivity contribution in [2.45, 2.75) is 24.8 Å². The summed E-state index contributed by atoms with van der Waals surface area (Å²) in [7, 11) is -3.81. The Bertz CT molecular complexity index is 803. The molecule has 4 nitrogen and oxygen atoms in total. The van der Waals surface area contributed by atoms with E-state index in [1.165, 1.54) is 18.2 Å². The number of benzene rings is 2. The fourth-order valence-electron chi connectivity index (χ4n) is 2.12. The number of hydrogen-bond acceptors (Lipinski definition) is 3. The molecule has 0 aliphatic heterocycles. The van der Waals surface area contributed by atoms with Gasteiger partial charge in [-0.3, -0.25) is 4.79 Å². The quantitative estimate of drug-likeness (QED) is 0.882. The summed E-state index contributed by atoms with van der Waals surface area (Å²) in [6.45, 7) is 2.27. The van der Waals surface area contributed by atoms with Crippen molar-refractivity contribution in [1.82, 2.24) is 5.32 Å². The van der Waals surface area contributed by atoms with Crippen molar-refractivity contribution >= 4 is 15.7 Å². The molecule has 0 aliphatic carbocycles. The van der Waals surface area contributed by atoms with Gasteiger partial charge in [-0.2, -0.15) is 0 Å². The maximum Gasteiger partial charge on any atom is 0.221 e. The largest absolute Gasteiger partial charge is 0.352 e. The van der Waals surface area contributed by atoms with Crippen LogP contribution in [0.5, 0.6) is 0 Å². The highest BCUT2D eigenvalue weighted by Crippen LogP contribution is 2.16. The molecule has 2 aromatic carbocycles. The van der Waals surface area contributed by atoms with E-state index >= 15 is 0 Å². The van der Waals surface area contributed by atoms with E-state index in [1.54, 1.807) is 0 Å². The first kappa shape index (κ1) is 17.1. The van der Waals surface area contributed by atoms with Crippen LogP contribution in [0.15, 0.2) is 53.4 Å². The van der Waals surface area contributed by atoms with Gasteiger partial charge in [-0.05, 0) is 30.2 Å². The van der Waals surface area contributed by atoms with Crippen molar-refractivity contribution in [1.29, 1.82) is 0 Å². The minimum atomic E-state index is -3.81. The Morgan fingerprint density at radius 2 is 1.74 bits per heavy atom. The van der Waals surface area contributed by atoms with Crippen molar-refractivity contribution in [2.75, 3.05) is 5.75 Å². The number of amides is 1. The van der Waals surface area contributed by atoms with Gasteiger partial charge in [0.15, 0.2) is 9.84 Å². The molecule has 0 saturated carbocycles. The molecule has 23 heavy (non-hydrogen) atoms. The van der Waals surface area contributed by atoms with E-state index in [0.29, 0.717) is 6.54 Å². The molecule has 0 unspecified atom stereocenters. The molecule has 2 rings (SSSR count). The molecule has 2 aromatic rings. The molecule has 0 saturated heterocycles. The van der Waals surface area contributed by atoms with Gasteiger partial charge in [-0.15, -0.1) is 0 Å². The van der Waals surface area contributed by atoms with Crippen LogP contribution in [0.2, 0.25) is 0 Å². The maximum absolute atomic E-state index is 13.5.